The summed E-state index contributed by atoms with van der Waals surface area (Å²) in [5, 5.41) is 9.04. The number of hydrogen-bond acceptors (Lipinski definition) is 4. The summed E-state index contributed by atoms with van der Waals surface area (Å²) >= 11 is 0. The third-order valence-electron chi connectivity index (χ3n) is 3.94. The van der Waals surface area contributed by atoms with Gasteiger partial charge in [-0.2, -0.15) is 4.98 Å². The predicted octanol–water partition coefficient (Wildman–Crippen LogP) is 2.30. The van der Waals surface area contributed by atoms with E-state index < -0.39 is 12.4 Å². The van der Waals surface area contributed by atoms with Gasteiger partial charge in [-0.25, -0.2) is 18.6 Å². The minimum atomic E-state index is -2.29. The van der Waals surface area contributed by atoms with Crippen molar-refractivity contribution in [2.75, 3.05) is 18.0 Å². The van der Waals surface area contributed by atoms with Gasteiger partial charge in [-0.3, -0.25) is 4.40 Å². The van der Waals surface area contributed by atoms with Crippen molar-refractivity contribution in [2.24, 2.45) is 5.92 Å². The van der Waals surface area contributed by atoms with Gasteiger partial charge >= 0.3 is 5.97 Å². The minimum Gasteiger partial charge on any atom is -0.477 e. The number of aromatic nitrogens is 3. The number of carboxylic acids is 1. The van der Waals surface area contributed by atoms with Crippen LogP contribution in [0.1, 0.15) is 29.8 Å². The van der Waals surface area contributed by atoms with Crippen LogP contribution in [0.4, 0.5) is 14.6 Å². The van der Waals surface area contributed by atoms with Gasteiger partial charge < -0.3 is 10.0 Å². The van der Waals surface area contributed by atoms with Crippen LogP contribution in [0.15, 0.2) is 18.5 Å². The molecule has 0 radical (unpaired) electrons. The molecule has 1 unspecified atom stereocenters. The molecule has 22 heavy (non-hydrogen) atoms. The lowest BCUT2D eigenvalue weighted by Crippen LogP contribution is -2.36. The molecule has 1 N–H and O–H groups in total. The maximum Gasteiger partial charge on any atom is 0.354 e. The van der Waals surface area contributed by atoms with E-state index in [9.17, 15) is 13.6 Å². The highest BCUT2D eigenvalue weighted by Gasteiger charge is 2.24. The molecule has 118 valence electrons. The molecule has 2 aromatic rings. The fourth-order valence-corrected chi connectivity index (χ4v) is 2.91. The highest BCUT2D eigenvalue weighted by Crippen LogP contribution is 2.26. The summed E-state index contributed by atoms with van der Waals surface area (Å²) in [6.07, 6.45) is 2.13. The molecule has 0 saturated carbocycles. The Labute approximate surface area is 125 Å². The van der Waals surface area contributed by atoms with Crippen molar-refractivity contribution in [3.8, 4) is 0 Å². The van der Waals surface area contributed by atoms with Gasteiger partial charge in [-0.1, -0.05) is 0 Å². The average molecular weight is 310 g/mol. The van der Waals surface area contributed by atoms with E-state index in [1.807, 2.05) is 4.90 Å². The highest BCUT2D eigenvalue weighted by molar-refractivity contribution is 5.86. The van der Waals surface area contributed by atoms with Crippen molar-refractivity contribution in [2.45, 2.75) is 25.7 Å². The summed E-state index contributed by atoms with van der Waals surface area (Å²) in [6.45, 7) is 1.30. The number of anilines is 1. The van der Waals surface area contributed by atoms with Crippen LogP contribution in [0, 0.1) is 5.92 Å². The monoisotopic (exact) mass is 310 g/mol. The van der Waals surface area contributed by atoms with Crippen LogP contribution in [-0.4, -0.2) is 45.0 Å². The lowest BCUT2D eigenvalue weighted by atomic mass is 9.95. The summed E-state index contributed by atoms with van der Waals surface area (Å²) < 4.78 is 26.5. The standard InChI is InChI=1S/C14H16F2N4O2/c15-11(16)6-9-2-1-4-19(8-9)12-3-5-20-10(13(21)22)7-17-14(20)18-12/h3,5,7,9,11H,1-2,4,6,8H2,(H,21,22). The molecule has 0 bridgehead atoms. The molecular formula is C14H16F2N4O2. The van der Waals surface area contributed by atoms with Crippen LogP contribution in [0.3, 0.4) is 0 Å². The van der Waals surface area contributed by atoms with Crippen molar-refractivity contribution < 1.29 is 18.7 Å². The zero-order valence-electron chi connectivity index (χ0n) is 11.8. The first-order valence-corrected chi connectivity index (χ1v) is 7.15. The van der Waals surface area contributed by atoms with E-state index in [2.05, 4.69) is 9.97 Å². The summed E-state index contributed by atoms with van der Waals surface area (Å²) in [6, 6.07) is 1.70. The molecule has 8 heteroatoms. The zero-order valence-corrected chi connectivity index (χ0v) is 11.8. The Morgan fingerprint density at radius 3 is 3.05 bits per heavy atom. The van der Waals surface area contributed by atoms with Crippen molar-refractivity contribution in [3.63, 3.8) is 0 Å². The van der Waals surface area contributed by atoms with Crippen molar-refractivity contribution >= 4 is 17.6 Å². The Morgan fingerprint density at radius 2 is 2.32 bits per heavy atom. The van der Waals surface area contributed by atoms with E-state index in [1.54, 1.807) is 12.3 Å². The van der Waals surface area contributed by atoms with Gasteiger partial charge in [-0.05, 0) is 24.8 Å². The number of fused-ring (bicyclic) bond motifs is 1. The molecule has 0 spiro atoms. The van der Waals surface area contributed by atoms with E-state index in [0.29, 0.717) is 18.1 Å². The quantitative estimate of drug-likeness (QED) is 0.938. The van der Waals surface area contributed by atoms with E-state index in [4.69, 9.17) is 5.11 Å². The van der Waals surface area contributed by atoms with Gasteiger partial charge in [0.15, 0.2) is 5.69 Å². The van der Waals surface area contributed by atoms with Crippen LogP contribution in [-0.2, 0) is 0 Å². The lowest BCUT2D eigenvalue weighted by Gasteiger charge is -2.33. The van der Waals surface area contributed by atoms with Gasteiger partial charge in [0, 0.05) is 25.7 Å². The topological polar surface area (TPSA) is 70.7 Å². The Balaban J connectivity index is 1.82. The predicted molar refractivity (Wildman–Crippen MR) is 75.5 cm³/mol. The fourth-order valence-electron chi connectivity index (χ4n) is 2.91. The summed E-state index contributed by atoms with van der Waals surface area (Å²) in [7, 11) is 0. The molecule has 1 aliphatic heterocycles. The van der Waals surface area contributed by atoms with Crippen LogP contribution < -0.4 is 4.90 Å². The molecule has 1 atom stereocenters. The minimum absolute atomic E-state index is 0.0406. The first kappa shape index (κ1) is 14.7. The highest BCUT2D eigenvalue weighted by atomic mass is 19.3. The van der Waals surface area contributed by atoms with Gasteiger partial charge in [0.1, 0.15) is 5.82 Å². The summed E-state index contributed by atoms with van der Waals surface area (Å²) in [4.78, 5) is 21.3. The number of halogens is 2. The van der Waals surface area contributed by atoms with Crippen molar-refractivity contribution in [3.05, 3.63) is 24.2 Å². The summed E-state index contributed by atoms with van der Waals surface area (Å²) in [5.74, 6) is -0.169. The second kappa shape index (κ2) is 5.86. The lowest BCUT2D eigenvalue weighted by molar-refractivity contribution is 0.0689. The number of hydrogen-bond donors (Lipinski definition) is 1. The van der Waals surface area contributed by atoms with E-state index in [1.165, 1.54) is 10.6 Å². The molecule has 1 aliphatic rings. The van der Waals surface area contributed by atoms with Gasteiger partial charge in [-0.15, -0.1) is 0 Å². The average Bonchev–Trinajstić information content (AvgIpc) is 2.90. The Hall–Kier alpha value is -2.25. The number of imidazole rings is 1. The van der Waals surface area contributed by atoms with E-state index in [-0.39, 0.29) is 18.0 Å². The maximum atomic E-state index is 12.5. The van der Waals surface area contributed by atoms with Gasteiger partial charge in [0.05, 0.1) is 6.20 Å². The Bertz CT molecular complexity index is 689. The van der Waals surface area contributed by atoms with E-state index >= 15 is 0 Å². The Morgan fingerprint density at radius 1 is 1.50 bits per heavy atom. The second-order valence-corrected chi connectivity index (χ2v) is 5.49. The first-order chi connectivity index (χ1) is 10.5. The molecule has 6 nitrogen and oxygen atoms in total. The number of carboxylic acid groups (broad SMARTS) is 1. The Kier molecular flexibility index (Phi) is 3.91. The molecule has 0 aromatic carbocycles. The van der Waals surface area contributed by atoms with Crippen molar-refractivity contribution in [1.82, 2.24) is 14.4 Å². The molecule has 0 amide bonds. The van der Waals surface area contributed by atoms with E-state index in [0.717, 1.165) is 19.4 Å². The first-order valence-electron chi connectivity index (χ1n) is 7.15. The zero-order chi connectivity index (χ0) is 15.7. The molecular weight excluding hydrogens is 294 g/mol. The van der Waals surface area contributed by atoms with Crippen LogP contribution in [0.5, 0.6) is 0 Å². The molecule has 2 aromatic heterocycles. The number of nitrogens with zero attached hydrogens (tertiary/aromatic N) is 4. The third kappa shape index (κ3) is 2.86. The molecule has 3 heterocycles. The number of alkyl halides is 2. The van der Waals surface area contributed by atoms with Crippen LogP contribution in [0.25, 0.3) is 5.78 Å². The SMILES string of the molecule is O=C(O)c1cnc2nc(N3CCCC(CC(F)F)C3)ccn12. The van der Waals surface area contributed by atoms with Gasteiger partial charge in [0.2, 0.25) is 12.2 Å². The second-order valence-electron chi connectivity index (χ2n) is 5.49. The maximum absolute atomic E-state index is 12.5. The third-order valence-corrected chi connectivity index (χ3v) is 3.94. The molecule has 1 saturated heterocycles. The largest absolute Gasteiger partial charge is 0.477 e. The van der Waals surface area contributed by atoms with Gasteiger partial charge in [0.25, 0.3) is 0 Å². The van der Waals surface area contributed by atoms with Crippen LogP contribution >= 0.6 is 0 Å². The number of carbonyl (C=O) groups is 1. The number of rotatable bonds is 4. The normalized spacial score (nSPS) is 19.0. The number of aromatic carboxylic acids is 1. The fraction of sp³-hybridized carbons (Fsp3) is 0.500. The molecule has 1 fully saturated rings. The van der Waals surface area contributed by atoms with Crippen LogP contribution in [0.2, 0.25) is 0 Å². The van der Waals surface area contributed by atoms with Crippen molar-refractivity contribution in [1.29, 1.82) is 0 Å². The summed E-state index contributed by atoms with van der Waals surface area (Å²) in [5.41, 5.74) is 0.0447. The smallest absolute Gasteiger partial charge is 0.354 e. The number of piperidine rings is 1. The molecule has 0 aliphatic carbocycles. The molecule has 3 rings (SSSR count).